The molecule has 0 bridgehead atoms. The van der Waals surface area contributed by atoms with Crippen LogP contribution < -0.4 is 0 Å². The first-order chi connectivity index (χ1) is 11.1. The van der Waals surface area contributed by atoms with Gasteiger partial charge in [-0.25, -0.2) is 9.59 Å². The van der Waals surface area contributed by atoms with Crippen LogP contribution in [0.25, 0.3) is 6.08 Å². The lowest BCUT2D eigenvalue weighted by atomic mass is 10.1. The lowest BCUT2D eigenvalue weighted by Gasteiger charge is -2.04. The standard InChI is InChI=1S/C18H15BrO4/c1-22-17(20)15-9-7-13(8-10-15)11-16(19)18(21)23-12-14-5-3-2-4-6-14/h2-11H,12H2,1H3/b16-11-. The summed E-state index contributed by atoms with van der Waals surface area (Å²) in [6.45, 7) is 0.212. The first kappa shape index (κ1) is 17.0. The van der Waals surface area contributed by atoms with Crippen LogP contribution >= 0.6 is 15.9 Å². The molecule has 2 aromatic carbocycles. The van der Waals surface area contributed by atoms with Crippen molar-refractivity contribution in [1.82, 2.24) is 0 Å². The highest BCUT2D eigenvalue weighted by Gasteiger charge is 2.09. The Hall–Kier alpha value is -2.40. The molecule has 0 radical (unpaired) electrons. The fraction of sp³-hybridized carbons (Fsp3) is 0.111. The van der Waals surface area contributed by atoms with Crippen molar-refractivity contribution in [2.24, 2.45) is 0 Å². The van der Waals surface area contributed by atoms with Gasteiger partial charge in [0.05, 0.1) is 12.7 Å². The number of esters is 2. The second-order valence-electron chi connectivity index (χ2n) is 4.67. The third-order valence-electron chi connectivity index (χ3n) is 3.03. The van der Waals surface area contributed by atoms with Crippen molar-refractivity contribution in [2.75, 3.05) is 7.11 Å². The zero-order chi connectivity index (χ0) is 16.7. The van der Waals surface area contributed by atoms with Gasteiger partial charge in [0.2, 0.25) is 0 Å². The summed E-state index contributed by atoms with van der Waals surface area (Å²) in [6, 6.07) is 16.1. The van der Waals surface area contributed by atoms with Crippen LogP contribution in [0.15, 0.2) is 59.1 Å². The summed E-state index contributed by atoms with van der Waals surface area (Å²) < 4.78 is 10.1. The number of hydrogen-bond donors (Lipinski definition) is 0. The molecule has 2 rings (SSSR count). The van der Waals surface area contributed by atoms with E-state index in [9.17, 15) is 9.59 Å². The minimum atomic E-state index is -0.453. The van der Waals surface area contributed by atoms with Gasteiger partial charge in [0.15, 0.2) is 0 Å². The highest BCUT2D eigenvalue weighted by atomic mass is 79.9. The number of ether oxygens (including phenoxy) is 2. The monoisotopic (exact) mass is 374 g/mol. The quantitative estimate of drug-likeness (QED) is 0.587. The predicted octanol–water partition coefficient (Wildman–Crippen LogP) is 3.95. The van der Waals surface area contributed by atoms with Crippen molar-refractivity contribution in [3.05, 3.63) is 75.8 Å². The number of carbonyl (C=O) groups excluding carboxylic acids is 2. The van der Waals surface area contributed by atoms with Crippen LogP contribution in [0.3, 0.4) is 0 Å². The highest BCUT2D eigenvalue weighted by Crippen LogP contribution is 2.16. The van der Waals surface area contributed by atoms with E-state index in [0.717, 1.165) is 11.1 Å². The number of methoxy groups -OCH3 is 1. The Morgan fingerprint density at radius 3 is 2.30 bits per heavy atom. The summed E-state index contributed by atoms with van der Waals surface area (Å²) in [7, 11) is 1.33. The van der Waals surface area contributed by atoms with E-state index < -0.39 is 11.9 Å². The smallest absolute Gasteiger partial charge is 0.345 e. The number of rotatable bonds is 5. The van der Waals surface area contributed by atoms with E-state index in [2.05, 4.69) is 20.7 Å². The summed E-state index contributed by atoms with van der Waals surface area (Å²) in [4.78, 5) is 23.3. The summed E-state index contributed by atoms with van der Waals surface area (Å²) in [5.41, 5.74) is 2.14. The van der Waals surface area contributed by atoms with Crippen LogP contribution in [0.4, 0.5) is 0 Å². The minimum absolute atomic E-state index is 0.212. The lowest BCUT2D eigenvalue weighted by molar-refractivity contribution is -0.139. The molecule has 0 aromatic heterocycles. The molecule has 4 nitrogen and oxygen atoms in total. The molecule has 0 N–H and O–H groups in total. The Kier molecular flexibility index (Phi) is 6.11. The molecule has 0 unspecified atom stereocenters. The predicted molar refractivity (Wildman–Crippen MR) is 90.9 cm³/mol. The van der Waals surface area contributed by atoms with Crippen molar-refractivity contribution >= 4 is 33.9 Å². The van der Waals surface area contributed by atoms with Gasteiger partial charge >= 0.3 is 11.9 Å². The molecule has 0 aliphatic heterocycles. The van der Waals surface area contributed by atoms with Crippen molar-refractivity contribution < 1.29 is 19.1 Å². The van der Waals surface area contributed by atoms with Gasteiger partial charge in [0.25, 0.3) is 0 Å². The first-order valence-electron chi connectivity index (χ1n) is 6.87. The third-order valence-corrected chi connectivity index (χ3v) is 3.59. The van der Waals surface area contributed by atoms with Gasteiger partial charge < -0.3 is 9.47 Å². The van der Waals surface area contributed by atoms with Crippen molar-refractivity contribution in [2.45, 2.75) is 6.61 Å². The molecular formula is C18H15BrO4. The van der Waals surface area contributed by atoms with E-state index in [1.807, 2.05) is 30.3 Å². The summed E-state index contributed by atoms with van der Waals surface area (Å²) in [5, 5.41) is 0. The Bertz CT molecular complexity index is 706. The van der Waals surface area contributed by atoms with Crippen LogP contribution in [0.5, 0.6) is 0 Å². The van der Waals surface area contributed by atoms with E-state index in [4.69, 9.17) is 4.74 Å². The van der Waals surface area contributed by atoms with E-state index in [-0.39, 0.29) is 6.61 Å². The molecule has 0 saturated carbocycles. The maximum Gasteiger partial charge on any atom is 0.345 e. The fourth-order valence-corrected chi connectivity index (χ4v) is 2.21. The average molecular weight is 375 g/mol. The molecule has 0 heterocycles. The van der Waals surface area contributed by atoms with Crippen LogP contribution in [-0.4, -0.2) is 19.0 Å². The molecule has 0 saturated heterocycles. The van der Waals surface area contributed by atoms with Gasteiger partial charge in [-0.15, -0.1) is 0 Å². The Labute approximate surface area is 142 Å². The van der Waals surface area contributed by atoms with Gasteiger partial charge in [-0.2, -0.15) is 0 Å². The molecule has 0 amide bonds. The summed E-state index contributed by atoms with van der Waals surface area (Å²) in [5.74, 6) is -0.854. The third kappa shape index (κ3) is 5.07. The van der Waals surface area contributed by atoms with E-state index in [0.29, 0.717) is 10.0 Å². The molecule has 0 spiro atoms. The molecule has 0 atom stereocenters. The molecule has 0 aliphatic carbocycles. The van der Waals surface area contributed by atoms with Crippen LogP contribution in [0, 0.1) is 0 Å². The van der Waals surface area contributed by atoms with Gasteiger partial charge in [-0.3, -0.25) is 0 Å². The number of hydrogen-bond acceptors (Lipinski definition) is 4. The largest absolute Gasteiger partial charge is 0.465 e. The molecule has 0 aliphatic rings. The molecule has 23 heavy (non-hydrogen) atoms. The second-order valence-corrected chi connectivity index (χ2v) is 5.52. The number of halogens is 1. The first-order valence-corrected chi connectivity index (χ1v) is 7.66. The average Bonchev–Trinajstić information content (AvgIpc) is 2.60. The normalized spacial score (nSPS) is 11.0. The Morgan fingerprint density at radius 2 is 1.70 bits per heavy atom. The van der Waals surface area contributed by atoms with E-state index >= 15 is 0 Å². The maximum absolute atomic E-state index is 11.9. The van der Waals surface area contributed by atoms with Gasteiger partial charge in [0, 0.05) is 0 Å². The minimum Gasteiger partial charge on any atom is -0.465 e. The maximum atomic E-state index is 11.9. The summed E-state index contributed by atoms with van der Waals surface area (Å²) in [6.07, 6.45) is 1.63. The van der Waals surface area contributed by atoms with Crippen LogP contribution in [0.1, 0.15) is 21.5 Å². The fourth-order valence-electron chi connectivity index (χ4n) is 1.83. The highest BCUT2D eigenvalue weighted by molar-refractivity contribution is 9.12. The van der Waals surface area contributed by atoms with Crippen molar-refractivity contribution in [1.29, 1.82) is 0 Å². The van der Waals surface area contributed by atoms with Gasteiger partial charge in [-0.1, -0.05) is 42.5 Å². The van der Waals surface area contributed by atoms with E-state index in [1.165, 1.54) is 7.11 Å². The summed E-state index contributed by atoms with van der Waals surface area (Å²) >= 11 is 3.21. The zero-order valence-electron chi connectivity index (χ0n) is 12.5. The molecular weight excluding hydrogens is 360 g/mol. The van der Waals surface area contributed by atoms with Crippen molar-refractivity contribution in [3.63, 3.8) is 0 Å². The Balaban J connectivity index is 1.98. The molecule has 0 fully saturated rings. The van der Waals surface area contributed by atoms with Crippen molar-refractivity contribution in [3.8, 4) is 0 Å². The molecule has 2 aromatic rings. The van der Waals surface area contributed by atoms with Crippen LogP contribution in [0.2, 0.25) is 0 Å². The topological polar surface area (TPSA) is 52.6 Å². The Morgan fingerprint density at radius 1 is 1.04 bits per heavy atom. The van der Waals surface area contributed by atoms with Gasteiger partial charge in [0.1, 0.15) is 11.1 Å². The van der Waals surface area contributed by atoms with E-state index in [1.54, 1.807) is 30.3 Å². The number of benzene rings is 2. The molecule has 5 heteroatoms. The second kappa shape index (κ2) is 8.29. The van der Waals surface area contributed by atoms with Crippen LogP contribution in [-0.2, 0) is 20.9 Å². The van der Waals surface area contributed by atoms with Gasteiger partial charge in [-0.05, 0) is 45.3 Å². The zero-order valence-corrected chi connectivity index (χ0v) is 14.1. The SMILES string of the molecule is COC(=O)c1ccc(/C=C(\Br)C(=O)OCc2ccccc2)cc1. The molecule has 118 valence electrons. The lowest BCUT2D eigenvalue weighted by Crippen LogP contribution is -2.04. The number of carbonyl (C=O) groups is 2.